The number of thioether (sulfide) groups is 1. The lowest BCUT2D eigenvalue weighted by atomic mass is 9.86. The van der Waals surface area contributed by atoms with Crippen LogP contribution >= 0.6 is 23.4 Å². The molecule has 2 unspecified atom stereocenters. The van der Waals surface area contributed by atoms with Gasteiger partial charge in [0.25, 0.3) is 0 Å². The van der Waals surface area contributed by atoms with Crippen LogP contribution in [-0.4, -0.2) is 43.7 Å². The van der Waals surface area contributed by atoms with E-state index in [-0.39, 0.29) is 19.8 Å². The molecular formula is C28H36ClNO5S. The van der Waals surface area contributed by atoms with E-state index in [0.29, 0.717) is 28.2 Å². The molecule has 1 amide bonds. The van der Waals surface area contributed by atoms with Crippen LogP contribution in [0.4, 0.5) is 4.79 Å². The van der Waals surface area contributed by atoms with Crippen molar-refractivity contribution in [3.8, 4) is 5.75 Å². The number of benzene rings is 2. The van der Waals surface area contributed by atoms with Crippen molar-refractivity contribution in [2.24, 2.45) is 5.92 Å². The molecule has 0 aliphatic rings. The van der Waals surface area contributed by atoms with Crippen LogP contribution in [0.2, 0.25) is 5.02 Å². The Bertz CT molecular complexity index is 978. The first-order valence-electron chi connectivity index (χ1n) is 12.1. The summed E-state index contributed by atoms with van der Waals surface area (Å²) in [5.74, 6) is 1.77. The first-order chi connectivity index (χ1) is 17.2. The maximum atomic E-state index is 12.3. The molecule has 2 atom stereocenters. The molecule has 0 saturated carbocycles. The number of carbonyl (C=O) groups is 2. The number of hydrogen-bond donors (Lipinski definition) is 1. The molecule has 0 radical (unpaired) electrons. The van der Waals surface area contributed by atoms with Gasteiger partial charge < -0.3 is 19.5 Å². The lowest BCUT2D eigenvalue weighted by molar-refractivity contribution is -0.138. The molecule has 2 rings (SSSR count). The van der Waals surface area contributed by atoms with E-state index in [1.54, 1.807) is 6.92 Å². The molecular weight excluding hydrogens is 498 g/mol. The SMILES string of the molecule is C=C(C)C(=O)OCCNC(=O)OC(COc1ccc(C(CC)C(C)C)cc1)CSc1ccc(Cl)cc1. The standard InChI is InChI=1S/C28H36ClNO5S/c1-6-26(19(2)3)21-7-11-23(12-8-21)34-17-24(18-36-25-13-9-22(29)10-14-25)35-28(32)30-15-16-33-27(31)20(4)5/h7-14,19,24,26H,4,6,15-18H2,1-3,5H3,(H,30,32). The molecule has 0 aliphatic carbocycles. The number of nitrogens with one attached hydrogen (secondary N) is 1. The third kappa shape index (κ3) is 10.5. The summed E-state index contributed by atoms with van der Waals surface area (Å²) in [5.41, 5.74) is 1.59. The minimum absolute atomic E-state index is 0.0307. The van der Waals surface area contributed by atoms with Crippen molar-refractivity contribution in [1.82, 2.24) is 5.32 Å². The summed E-state index contributed by atoms with van der Waals surface area (Å²) in [6.45, 7) is 12.1. The van der Waals surface area contributed by atoms with E-state index in [9.17, 15) is 9.59 Å². The van der Waals surface area contributed by atoms with Gasteiger partial charge >= 0.3 is 12.1 Å². The average Bonchev–Trinajstić information content (AvgIpc) is 2.85. The van der Waals surface area contributed by atoms with Crippen molar-refractivity contribution < 1.29 is 23.8 Å². The zero-order valence-electron chi connectivity index (χ0n) is 21.4. The molecule has 8 heteroatoms. The minimum Gasteiger partial charge on any atom is -0.490 e. The normalized spacial score (nSPS) is 12.5. The van der Waals surface area contributed by atoms with E-state index in [1.807, 2.05) is 36.4 Å². The maximum absolute atomic E-state index is 12.3. The van der Waals surface area contributed by atoms with Gasteiger partial charge in [0.2, 0.25) is 0 Å². The summed E-state index contributed by atoms with van der Waals surface area (Å²) in [6.07, 6.45) is -0.0378. The third-order valence-electron chi connectivity index (χ3n) is 5.46. The lowest BCUT2D eigenvalue weighted by Crippen LogP contribution is -2.35. The van der Waals surface area contributed by atoms with Crippen LogP contribution in [0.25, 0.3) is 0 Å². The summed E-state index contributed by atoms with van der Waals surface area (Å²) in [4.78, 5) is 24.8. The van der Waals surface area contributed by atoms with Crippen molar-refractivity contribution >= 4 is 35.4 Å². The number of carbonyl (C=O) groups excluding carboxylic acids is 2. The van der Waals surface area contributed by atoms with Gasteiger partial charge in [0, 0.05) is 21.2 Å². The van der Waals surface area contributed by atoms with E-state index in [2.05, 4.69) is 44.8 Å². The summed E-state index contributed by atoms with van der Waals surface area (Å²) < 4.78 is 16.6. The van der Waals surface area contributed by atoms with Crippen molar-refractivity contribution in [1.29, 1.82) is 0 Å². The highest BCUT2D eigenvalue weighted by atomic mass is 35.5. The monoisotopic (exact) mass is 533 g/mol. The molecule has 36 heavy (non-hydrogen) atoms. The number of rotatable bonds is 14. The van der Waals surface area contributed by atoms with Gasteiger partial charge in [0.05, 0.1) is 6.54 Å². The quantitative estimate of drug-likeness (QED) is 0.123. The van der Waals surface area contributed by atoms with E-state index in [0.717, 1.165) is 17.1 Å². The molecule has 0 saturated heterocycles. The van der Waals surface area contributed by atoms with Crippen LogP contribution < -0.4 is 10.1 Å². The topological polar surface area (TPSA) is 73.9 Å². The number of hydrogen-bond acceptors (Lipinski definition) is 6. The first-order valence-corrected chi connectivity index (χ1v) is 13.4. The fraction of sp³-hybridized carbons (Fsp3) is 0.429. The fourth-order valence-electron chi connectivity index (χ4n) is 3.54. The molecule has 196 valence electrons. The Morgan fingerprint density at radius 1 is 1.08 bits per heavy atom. The van der Waals surface area contributed by atoms with Gasteiger partial charge in [0.15, 0.2) is 0 Å². The molecule has 1 N–H and O–H groups in total. The van der Waals surface area contributed by atoms with Crippen LogP contribution in [0.15, 0.2) is 65.6 Å². The second kappa shape index (κ2) is 15.5. The summed E-state index contributed by atoms with van der Waals surface area (Å²) in [7, 11) is 0. The fourth-order valence-corrected chi connectivity index (χ4v) is 4.54. The van der Waals surface area contributed by atoms with Crippen LogP contribution in [0.1, 0.15) is 45.6 Å². The highest BCUT2D eigenvalue weighted by Gasteiger charge is 2.18. The molecule has 0 bridgehead atoms. The summed E-state index contributed by atoms with van der Waals surface area (Å²) >= 11 is 7.51. The first kappa shape index (κ1) is 29.6. The van der Waals surface area contributed by atoms with E-state index in [4.69, 9.17) is 25.8 Å². The number of amides is 1. The molecule has 0 fully saturated rings. The molecule has 6 nitrogen and oxygen atoms in total. The van der Waals surface area contributed by atoms with Crippen LogP contribution in [0, 0.1) is 5.92 Å². The second-order valence-corrected chi connectivity index (χ2v) is 10.3. The highest BCUT2D eigenvalue weighted by molar-refractivity contribution is 7.99. The molecule has 2 aromatic carbocycles. The third-order valence-corrected chi connectivity index (χ3v) is 6.86. The second-order valence-electron chi connectivity index (χ2n) is 8.77. The molecule has 2 aromatic rings. The summed E-state index contributed by atoms with van der Waals surface area (Å²) in [5, 5.41) is 3.26. The van der Waals surface area contributed by atoms with Crippen molar-refractivity contribution in [3.63, 3.8) is 0 Å². The predicted molar refractivity (Wildman–Crippen MR) is 146 cm³/mol. The molecule has 0 aliphatic heterocycles. The van der Waals surface area contributed by atoms with Crippen LogP contribution in [-0.2, 0) is 14.3 Å². The molecule has 0 heterocycles. The Kier molecular flexibility index (Phi) is 12.7. The zero-order valence-corrected chi connectivity index (χ0v) is 23.0. The van der Waals surface area contributed by atoms with Crippen molar-refractivity contribution in [2.45, 2.75) is 51.0 Å². The number of halogens is 1. The van der Waals surface area contributed by atoms with Gasteiger partial charge in [-0.25, -0.2) is 9.59 Å². The number of esters is 1. The van der Waals surface area contributed by atoms with Crippen molar-refractivity contribution in [2.75, 3.05) is 25.5 Å². The Labute approximate surface area is 223 Å². The summed E-state index contributed by atoms with van der Waals surface area (Å²) in [6, 6.07) is 15.6. The van der Waals surface area contributed by atoms with Gasteiger partial charge in [-0.05, 0) is 67.1 Å². The molecule has 0 aromatic heterocycles. The van der Waals surface area contributed by atoms with Gasteiger partial charge in [-0.1, -0.05) is 51.1 Å². The number of ether oxygens (including phenoxy) is 3. The minimum atomic E-state index is -0.607. The van der Waals surface area contributed by atoms with Gasteiger partial charge in [-0.15, -0.1) is 11.8 Å². The zero-order chi connectivity index (χ0) is 26.5. The average molecular weight is 534 g/mol. The number of alkyl carbamates (subject to hydrolysis) is 1. The smallest absolute Gasteiger partial charge is 0.407 e. The van der Waals surface area contributed by atoms with E-state index in [1.165, 1.54) is 17.3 Å². The van der Waals surface area contributed by atoms with E-state index < -0.39 is 18.2 Å². The Morgan fingerprint density at radius 3 is 2.33 bits per heavy atom. The van der Waals surface area contributed by atoms with Crippen LogP contribution in [0.3, 0.4) is 0 Å². The highest BCUT2D eigenvalue weighted by Crippen LogP contribution is 2.29. The maximum Gasteiger partial charge on any atom is 0.407 e. The Hall–Kier alpha value is -2.64. The van der Waals surface area contributed by atoms with Gasteiger partial charge in [0.1, 0.15) is 25.1 Å². The van der Waals surface area contributed by atoms with Gasteiger partial charge in [-0.3, -0.25) is 0 Å². The Balaban J connectivity index is 1.94. The predicted octanol–water partition coefficient (Wildman–Crippen LogP) is 6.87. The van der Waals surface area contributed by atoms with E-state index >= 15 is 0 Å². The van der Waals surface area contributed by atoms with Gasteiger partial charge in [-0.2, -0.15) is 0 Å². The lowest BCUT2D eigenvalue weighted by Gasteiger charge is -2.21. The van der Waals surface area contributed by atoms with Crippen molar-refractivity contribution in [3.05, 3.63) is 71.3 Å². The Morgan fingerprint density at radius 2 is 1.75 bits per heavy atom. The largest absolute Gasteiger partial charge is 0.490 e. The van der Waals surface area contributed by atoms with Crippen LogP contribution in [0.5, 0.6) is 5.75 Å². The molecule has 0 spiro atoms.